The maximum Gasteiger partial charge on any atom is 0.247 e. The number of hydrogen-bond acceptors (Lipinski definition) is 6. The number of amides is 1. The van der Waals surface area contributed by atoms with Gasteiger partial charge in [0.1, 0.15) is 0 Å². The highest BCUT2D eigenvalue weighted by molar-refractivity contribution is 6.01. The number of carbonyl (C=O) groups excluding carboxylic acids is 1. The highest BCUT2D eigenvalue weighted by atomic mass is 16.1. The van der Waals surface area contributed by atoms with Gasteiger partial charge in [0.2, 0.25) is 11.9 Å². The second-order valence-electron chi connectivity index (χ2n) is 8.57. The van der Waals surface area contributed by atoms with Crippen molar-refractivity contribution in [3.63, 3.8) is 0 Å². The largest absolute Gasteiger partial charge is 0.372 e. The molecular formula is C29H34N6O. The van der Waals surface area contributed by atoms with Crippen molar-refractivity contribution in [3.8, 4) is 0 Å². The second-order valence-corrected chi connectivity index (χ2v) is 8.57. The normalized spacial score (nSPS) is 11.6. The van der Waals surface area contributed by atoms with E-state index in [0.29, 0.717) is 11.6 Å². The van der Waals surface area contributed by atoms with E-state index in [9.17, 15) is 4.79 Å². The predicted molar refractivity (Wildman–Crippen MR) is 153 cm³/mol. The van der Waals surface area contributed by atoms with Crippen molar-refractivity contribution in [2.24, 2.45) is 0 Å². The lowest BCUT2D eigenvalue weighted by Gasteiger charge is -2.24. The standard InChI is InChI=1S/C29H34N6O/c1-7-11-21(12-8-2)24-14-10-13-22-20-30-29(33-28(22)24)31-23-15-16-26(35(6)18-17-34(4)5)25(19-23)32-27(36)9-3/h7-16,19-20H,1,3,17-18H2,2,4-6H3,(H,32,36)(H,30,31,33)/b12-8-,21-11+. The van der Waals surface area contributed by atoms with Gasteiger partial charge in [-0.2, -0.15) is 0 Å². The molecule has 1 heterocycles. The summed E-state index contributed by atoms with van der Waals surface area (Å²) in [5.41, 5.74) is 5.18. The first-order chi connectivity index (χ1) is 17.4. The van der Waals surface area contributed by atoms with Crippen LogP contribution in [0.1, 0.15) is 12.5 Å². The molecule has 3 rings (SSSR count). The predicted octanol–water partition coefficient (Wildman–Crippen LogP) is 5.64. The first-order valence-electron chi connectivity index (χ1n) is 11.8. The Kier molecular flexibility index (Phi) is 9.13. The third kappa shape index (κ3) is 6.67. The Morgan fingerprint density at radius 1 is 1.11 bits per heavy atom. The van der Waals surface area contributed by atoms with Crippen LogP contribution in [0.15, 0.2) is 86.1 Å². The molecule has 0 aliphatic rings. The lowest BCUT2D eigenvalue weighted by molar-refractivity contribution is -0.111. The van der Waals surface area contributed by atoms with E-state index in [4.69, 9.17) is 4.98 Å². The van der Waals surface area contributed by atoms with E-state index in [-0.39, 0.29) is 5.91 Å². The minimum Gasteiger partial charge on any atom is -0.372 e. The maximum atomic E-state index is 12.1. The van der Waals surface area contributed by atoms with Gasteiger partial charge in [0.15, 0.2) is 0 Å². The van der Waals surface area contributed by atoms with Gasteiger partial charge in [-0.1, -0.05) is 55.7 Å². The van der Waals surface area contributed by atoms with Gasteiger partial charge in [-0.3, -0.25) is 4.79 Å². The fourth-order valence-corrected chi connectivity index (χ4v) is 3.72. The van der Waals surface area contributed by atoms with Crippen LogP contribution in [0.25, 0.3) is 16.5 Å². The molecule has 36 heavy (non-hydrogen) atoms. The minimum absolute atomic E-state index is 0.272. The zero-order valence-electron chi connectivity index (χ0n) is 21.5. The molecule has 0 aliphatic carbocycles. The fourth-order valence-electron chi connectivity index (χ4n) is 3.72. The first kappa shape index (κ1) is 26.4. The summed E-state index contributed by atoms with van der Waals surface area (Å²) in [4.78, 5) is 25.7. The second kappa shape index (κ2) is 12.5. The van der Waals surface area contributed by atoms with Crippen LogP contribution in [0.5, 0.6) is 0 Å². The zero-order valence-corrected chi connectivity index (χ0v) is 21.5. The molecule has 0 unspecified atom stereocenters. The number of nitrogens with one attached hydrogen (secondary N) is 2. The number of rotatable bonds is 11. The third-order valence-corrected chi connectivity index (χ3v) is 5.56. The molecule has 1 aromatic heterocycles. The molecule has 186 valence electrons. The van der Waals surface area contributed by atoms with E-state index in [1.807, 2.05) is 82.7 Å². The average Bonchev–Trinajstić information content (AvgIpc) is 2.87. The van der Waals surface area contributed by atoms with Gasteiger partial charge in [-0.25, -0.2) is 9.97 Å². The van der Waals surface area contributed by atoms with Gasteiger partial charge in [0.25, 0.3) is 0 Å². The van der Waals surface area contributed by atoms with Crippen molar-refractivity contribution in [3.05, 3.63) is 91.7 Å². The molecule has 0 saturated heterocycles. The van der Waals surface area contributed by atoms with Gasteiger partial charge in [0.05, 0.1) is 16.9 Å². The summed E-state index contributed by atoms with van der Waals surface area (Å²) >= 11 is 0. The summed E-state index contributed by atoms with van der Waals surface area (Å²) in [5.74, 6) is 0.189. The number of para-hydroxylation sites is 1. The Balaban J connectivity index is 1.98. The number of nitrogens with zero attached hydrogens (tertiary/aromatic N) is 4. The number of aromatic nitrogens is 2. The molecule has 0 spiro atoms. The van der Waals surface area contributed by atoms with E-state index in [1.54, 1.807) is 12.3 Å². The van der Waals surface area contributed by atoms with Gasteiger partial charge in [-0.05, 0) is 50.9 Å². The van der Waals surface area contributed by atoms with E-state index >= 15 is 0 Å². The highest BCUT2D eigenvalue weighted by Gasteiger charge is 2.13. The topological polar surface area (TPSA) is 73.4 Å². The smallest absolute Gasteiger partial charge is 0.247 e. The highest BCUT2D eigenvalue weighted by Crippen LogP contribution is 2.31. The van der Waals surface area contributed by atoms with Gasteiger partial charge < -0.3 is 20.4 Å². The van der Waals surface area contributed by atoms with Crippen LogP contribution < -0.4 is 15.5 Å². The number of anilines is 4. The van der Waals surface area contributed by atoms with Crippen molar-refractivity contribution in [1.29, 1.82) is 0 Å². The molecule has 2 N–H and O–H groups in total. The summed E-state index contributed by atoms with van der Waals surface area (Å²) in [7, 11) is 6.07. The molecule has 0 radical (unpaired) electrons. The molecule has 0 fully saturated rings. The number of allylic oxidation sites excluding steroid dienone is 5. The minimum atomic E-state index is -0.272. The van der Waals surface area contributed by atoms with E-state index in [1.165, 1.54) is 6.08 Å². The van der Waals surface area contributed by atoms with E-state index in [0.717, 1.165) is 46.5 Å². The monoisotopic (exact) mass is 482 g/mol. The summed E-state index contributed by atoms with van der Waals surface area (Å²) in [5, 5.41) is 7.15. The molecule has 7 nitrogen and oxygen atoms in total. The Bertz CT molecular complexity index is 1310. The summed E-state index contributed by atoms with van der Waals surface area (Å²) in [6.07, 6.45) is 10.8. The fraction of sp³-hybridized carbons (Fsp3) is 0.207. The van der Waals surface area contributed by atoms with Crippen LogP contribution in [-0.4, -0.2) is 55.0 Å². The molecule has 0 aliphatic heterocycles. The number of likely N-dealkylation sites (N-methyl/N-ethyl adjacent to an activating group) is 2. The lowest BCUT2D eigenvalue weighted by atomic mass is 10.0. The van der Waals surface area contributed by atoms with Crippen molar-refractivity contribution < 1.29 is 4.79 Å². The Hall–Kier alpha value is -4.23. The van der Waals surface area contributed by atoms with Crippen molar-refractivity contribution in [2.45, 2.75) is 6.92 Å². The quantitative estimate of drug-likeness (QED) is 0.272. The molecule has 1 amide bonds. The zero-order chi connectivity index (χ0) is 26.1. The molecule has 7 heteroatoms. The van der Waals surface area contributed by atoms with Crippen molar-refractivity contribution >= 4 is 45.4 Å². The number of fused-ring (bicyclic) bond motifs is 1. The van der Waals surface area contributed by atoms with Crippen LogP contribution in [0.2, 0.25) is 0 Å². The van der Waals surface area contributed by atoms with Crippen LogP contribution in [-0.2, 0) is 4.79 Å². The number of carbonyl (C=O) groups is 1. The molecular weight excluding hydrogens is 448 g/mol. The van der Waals surface area contributed by atoms with Crippen LogP contribution in [0.3, 0.4) is 0 Å². The van der Waals surface area contributed by atoms with Gasteiger partial charge in [-0.15, -0.1) is 0 Å². The molecule has 3 aromatic rings. The molecule has 0 saturated carbocycles. The van der Waals surface area contributed by atoms with Crippen LogP contribution in [0.4, 0.5) is 23.0 Å². The van der Waals surface area contributed by atoms with Gasteiger partial charge in [0, 0.05) is 43.0 Å². The SMILES string of the molecule is C=C/C=C(\C=C/C)c1cccc2cnc(Nc3ccc(N(C)CCN(C)C)c(NC(=O)C=C)c3)nc12. The Morgan fingerprint density at radius 2 is 1.92 bits per heavy atom. The van der Waals surface area contributed by atoms with Crippen LogP contribution >= 0.6 is 0 Å². The van der Waals surface area contributed by atoms with E-state index in [2.05, 4.69) is 38.6 Å². The Labute approximate surface area is 213 Å². The average molecular weight is 483 g/mol. The summed E-state index contributed by atoms with van der Waals surface area (Å²) in [6.45, 7) is 11.1. The van der Waals surface area contributed by atoms with Gasteiger partial charge >= 0.3 is 0 Å². The van der Waals surface area contributed by atoms with Crippen molar-refractivity contribution in [1.82, 2.24) is 14.9 Å². The van der Waals surface area contributed by atoms with Crippen molar-refractivity contribution in [2.75, 3.05) is 49.8 Å². The molecule has 2 aromatic carbocycles. The Morgan fingerprint density at radius 3 is 2.61 bits per heavy atom. The summed E-state index contributed by atoms with van der Waals surface area (Å²) in [6, 6.07) is 11.8. The number of hydrogen-bond donors (Lipinski definition) is 2. The lowest BCUT2D eigenvalue weighted by Crippen LogP contribution is -2.29. The molecule has 0 bridgehead atoms. The molecule has 0 atom stereocenters. The third-order valence-electron chi connectivity index (χ3n) is 5.56. The van der Waals surface area contributed by atoms with E-state index < -0.39 is 0 Å². The maximum absolute atomic E-state index is 12.1. The first-order valence-corrected chi connectivity index (χ1v) is 11.8. The number of benzene rings is 2. The summed E-state index contributed by atoms with van der Waals surface area (Å²) < 4.78 is 0. The van der Waals surface area contributed by atoms with Crippen LogP contribution in [0, 0.1) is 0 Å².